The Bertz CT molecular complexity index is 411. The van der Waals surface area contributed by atoms with Crippen LogP contribution in [0.1, 0.15) is 6.92 Å². The van der Waals surface area contributed by atoms with Crippen LogP contribution >= 0.6 is 0 Å². The first-order valence-electron chi connectivity index (χ1n) is 3.78. The van der Waals surface area contributed by atoms with Gasteiger partial charge < -0.3 is 0 Å². The Hall–Kier alpha value is -0.0316. The number of rotatable bonds is 2. The summed E-state index contributed by atoms with van der Waals surface area (Å²) in [4.78, 5) is 3.56. The topological polar surface area (TPSA) is 93.0 Å². The van der Waals surface area contributed by atoms with Gasteiger partial charge in [-0.05, 0) is 0 Å². The van der Waals surface area contributed by atoms with Gasteiger partial charge in [0.25, 0.3) is 0 Å². The van der Waals surface area contributed by atoms with Crippen molar-refractivity contribution >= 4 is 30.1 Å². The van der Waals surface area contributed by atoms with Gasteiger partial charge in [-0.2, -0.15) is 0 Å². The van der Waals surface area contributed by atoms with Gasteiger partial charge >= 0.3 is 113 Å². The van der Waals surface area contributed by atoms with Crippen molar-refractivity contribution in [3.05, 3.63) is 24.3 Å². The Balaban J connectivity index is 0.00000196. The van der Waals surface area contributed by atoms with E-state index < -0.39 is 20.1 Å². The molecule has 15 heavy (non-hydrogen) atoms. The normalized spacial score (nSPS) is 12.1. The van der Waals surface area contributed by atoms with Crippen LogP contribution < -0.4 is 39.0 Å². The number of nitrogens with zero attached hydrogens (tertiary/aromatic N) is 1. The molecule has 76 valence electrons. The van der Waals surface area contributed by atoms with Crippen molar-refractivity contribution in [2.75, 3.05) is 0 Å². The molecule has 0 spiro atoms. The molecule has 5 nitrogen and oxygen atoms in total. The van der Waals surface area contributed by atoms with Crippen molar-refractivity contribution in [1.29, 1.82) is 0 Å². The quantitative estimate of drug-likeness (QED) is 0.325. The second-order valence-electron chi connectivity index (χ2n) is 2.69. The molecule has 1 rings (SSSR count). The first-order chi connectivity index (χ1) is 6.39. The fourth-order valence-corrected chi connectivity index (χ4v) is 2.14. The van der Waals surface area contributed by atoms with E-state index in [9.17, 15) is 8.85 Å². The van der Waals surface area contributed by atoms with Crippen LogP contribution in [0.25, 0.3) is 0 Å². The van der Waals surface area contributed by atoms with Crippen molar-refractivity contribution < 1.29 is 46.6 Å². The van der Waals surface area contributed by atoms with Gasteiger partial charge in [0.05, 0.1) is 0 Å². The zero-order valence-corrected chi connectivity index (χ0v) is 12.3. The molecule has 7 heteroatoms. The minimum Gasteiger partial charge on any atom is 1.00 e. The monoisotopic (exact) mass is 281 g/mol. The predicted octanol–water partition coefficient (Wildman–Crippen LogP) is -4.34. The van der Waals surface area contributed by atoms with Crippen LogP contribution in [0.5, 0.6) is 0 Å². The average molecular weight is 281 g/mol. The van der Waals surface area contributed by atoms with Gasteiger partial charge in [-0.15, -0.1) is 0 Å². The summed E-state index contributed by atoms with van der Waals surface area (Å²) in [6, 6.07) is 5.51. The van der Waals surface area contributed by atoms with Crippen LogP contribution in [0.2, 0.25) is 0 Å². The summed E-state index contributed by atoms with van der Waals surface area (Å²) in [6.45, 7) is 1.27. The Morgan fingerprint density at radius 3 is 2.53 bits per heavy atom. The Kier molecular flexibility index (Phi) is 5.88. The average Bonchev–Trinajstić information content (AvgIpc) is 2.01. The molecule has 0 heterocycles. The summed E-state index contributed by atoms with van der Waals surface area (Å²) >= 11 is -4.87. The summed E-state index contributed by atoms with van der Waals surface area (Å²) in [5.74, 6) is -0.403. The van der Waals surface area contributed by atoms with E-state index in [0.717, 1.165) is 0 Å². The van der Waals surface area contributed by atoms with Gasteiger partial charge in [-0.1, -0.05) is 0 Å². The van der Waals surface area contributed by atoms with Crippen molar-refractivity contribution in [1.82, 2.24) is 0 Å². The third-order valence-electron chi connectivity index (χ3n) is 1.45. The van der Waals surface area contributed by atoms with Crippen molar-refractivity contribution in [3.8, 4) is 0 Å². The van der Waals surface area contributed by atoms with E-state index >= 15 is 0 Å². The summed E-state index contributed by atoms with van der Waals surface area (Å²) in [7, 11) is 0. The molecular formula is C8H9AsNNaO4. The van der Waals surface area contributed by atoms with E-state index in [4.69, 9.17) is 8.19 Å². The standard InChI is InChI=1S/C8H10AsNO4.Na/c1-6(11)10-8-4-2-3-7(5-8)9(12,13)14;/h2-5H,1H3,(H,10,11)(H2,12,13,14);/q;+1/p-1. The zero-order chi connectivity index (χ0) is 10.8. The van der Waals surface area contributed by atoms with Gasteiger partial charge in [0, 0.05) is 0 Å². The maximum atomic E-state index is 10.9. The van der Waals surface area contributed by atoms with E-state index in [1.807, 2.05) is 0 Å². The molecular weight excluding hydrogens is 272 g/mol. The summed E-state index contributed by atoms with van der Waals surface area (Å²) in [5.41, 5.74) is 0.264. The van der Waals surface area contributed by atoms with E-state index in [-0.39, 0.29) is 39.6 Å². The van der Waals surface area contributed by atoms with Crippen LogP contribution in [-0.2, 0) is 3.74 Å². The fourth-order valence-electron chi connectivity index (χ4n) is 0.926. The van der Waals surface area contributed by atoms with E-state index in [1.54, 1.807) is 0 Å². The fraction of sp³-hybridized carbons (Fsp3) is 0.125. The number of hydrogen-bond donors (Lipinski definition) is 2. The first-order valence-corrected chi connectivity index (χ1v) is 7.16. The summed E-state index contributed by atoms with van der Waals surface area (Å²) < 4.78 is 28.6. The van der Waals surface area contributed by atoms with Crippen molar-refractivity contribution in [2.45, 2.75) is 6.92 Å². The molecule has 2 N–H and O–H groups in total. The molecule has 0 unspecified atom stereocenters. The number of benzene rings is 1. The Labute approximate surface area is 112 Å². The van der Waals surface area contributed by atoms with Crippen LogP contribution in [0.4, 0.5) is 5.69 Å². The molecule has 0 radical (unpaired) electrons. The van der Waals surface area contributed by atoms with Gasteiger partial charge in [-0.3, -0.25) is 0 Å². The zero-order valence-electron chi connectivity index (χ0n) is 8.41. The number of hydrogen-bond acceptors (Lipinski definition) is 3. The predicted molar refractivity (Wildman–Crippen MR) is 49.7 cm³/mol. The van der Waals surface area contributed by atoms with Gasteiger partial charge in [-0.25, -0.2) is 0 Å². The third-order valence-corrected chi connectivity index (χ3v) is 3.45. The molecule has 1 aromatic carbocycles. The van der Waals surface area contributed by atoms with Crippen molar-refractivity contribution in [3.63, 3.8) is 0 Å². The second kappa shape index (κ2) is 5.89. The molecule has 0 saturated carbocycles. The van der Waals surface area contributed by atoms with Gasteiger partial charge in [0.15, 0.2) is 0 Å². The third kappa shape index (κ3) is 5.02. The molecule has 0 saturated heterocycles. The molecule has 0 atom stereocenters. The van der Waals surface area contributed by atoms with Gasteiger partial charge in [0.2, 0.25) is 0 Å². The molecule has 0 bridgehead atoms. The van der Waals surface area contributed by atoms with E-state index in [0.29, 0.717) is 0 Å². The van der Waals surface area contributed by atoms with Crippen LogP contribution in [0, 0.1) is 0 Å². The van der Waals surface area contributed by atoms with Crippen molar-refractivity contribution in [2.24, 2.45) is 4.99 Å². The molecule has 0 amide bonds. The molecule has 0 aliphatic heterocycles. The molecule has 1 aromatic rings. The van der Waals surface area contributed by atoms with Gasteiger partial charge in [0.1, 0.15) is 0 Å². The van der Waals surface area contributed by atoms with Crippen LogP contribution in [0.15, 0.2) is 29.3 Å². The molecule has 0 fully saturated rings. The Morgan fingerprint density at radius 2 is 2.07 bits per heavy atom. The summed E-state index contributed by atoms with van der Waals surface area (Å²) in [5, 5.41) is 10.6. The SMILES string of the molecule is CC([O-])=Nc1cccc([As](=O)(O)O)c1.[Na+]. The number of aliphatic imine (C=N–C) groups is 1. The largest absolute Gasteiger partial charge is 1.00 e. The summed E-state index contributed by atoms with van der Waals surface area (Å²) in [6.07, 6.45) is 0. The molecule has 0 aliphatic rings. The molecule has 0 aromatic heterocycles. The maximum Gasteiger partial charge on any atom is 1.00 e. The first kappa shape index (κ1) is 15.0. The Morgan fingerprint density at radius 1 is 1.47 bits per heavy atom. The minimum absolute atomic E-state index is 0. The van der Waals surface area contributed by atoms with Crippen LogP contribution in [0.3, 0.4) is 0 Å². The second-order valence-corrected chi connectivity index (χ2v) is 6.06. The van der Waals surface area contributed by atoms with Crippen LogP contribution in [-0.4, -0.2) is 28.3 Å². The maximum absolute atomic E-state index is 10.9. The molecule has 0 aliphatic carbocycles. The minimum atomic E-state index is -4.87. The van der Waals surface area contributed by atoms with E-state index in [1.165, 1.54) is 31.2 Å². The smallest absolute Gasteiger partial charge is 1.00 e. The van der Waals surface area contributed by atoms with E-state index in [2.05, 4.69) is 4.99 Å².